The molecular formula is C22H22IN9O4. The predicted molar refractivity (Wildman–Crippen MR) is 137 cm³/mol. The second-order valence-corrected chi connectivity index (χ2v) is 9.38. The van der Waals surface area contributed by atoms with Gasteiger partial charge in [-0.2, -0.15) is 4.99 Å². The van der Waals surface area contributed by atoms with Gasteiger partial charge in [-0.05, 0) is 53.6 Å². The van der Waals surface area contributed by atoms with Gasteiger partial charge >= 0.3 is 5.91 Å². The van der Waals surface area contributed by atoms with Gasteiger partial charge in [0.2, 0.25) is 0 Å². The van der Waals surface area contributed by atoms with Crippen LogP contribution in [0.15, 0.2) is 46.1 Å². The molecule has 2 fully saturated rings. The van der Waals surface area contributed by atoms with Crippen LogP contribution in [0, 0.1) is 3.70 Å². The molecule has 3 aromatic heterocycles. The molecule has 13 nitrogen and oxygen atoms in total. The van der Waals surface area contributed by atoms with E-state index < -0.39 is 5.91 Å². The number of carbonyl (C=O) groups is 2. The number of carbonyl (C=O) groups excluding carboxylic acids is 2. The molecule has 5 heterocycles. The van der Waals surface area contributed by atoms with Crippen LogP contribution in [0.25, 0.3) is 0 Å². The Hall–Kier alpha value is -3.95. The van der Waals surface area contributed by atoms with Gasteiger partial charge < -0.3 is 36.2 Å². The molecular weight excluding hydrogens is 581 g/mol. The molecule has 36 heavy (non-hydrogen) atoms. The standard InChI is InChI=1S/C22H22IN9O4/c23-16-18(25)29-17(24)15(28-16)19(33)30-21-27-11-22(31-21)5-8-32(9-6-22)20(34)13-3-4-14(36-13)35-12-2-1-7-26-10-12/h1-4,7,10H,5-6,8-9,11H2,(H4,24,25,29)(H2,27,30,31,33). The monoisotopic (exact) mass is 603 g/mol. The van der Waals surface area contributed by atoms with Crippen LogP contribution in [0.2, 0.25) is 0 Å². The first-order valence-electron chi connectivity index (χ1n) is 11.0. The van der Waals surface area contributed by atoms with Gasteiger partial charge in [-0.3, -0.25) is 14.6 Å². The maximum atomic E-state index is 12.9. The number of ether oxygens (including phenoxy) is 1. The van der Waals surface area contributed by atoms with Crippen LogP contribution in [-0.4, -0.2) is 62.8 Å². The van der Waals surface area contributed by atoms with E-state index in [4.69, 9.17) is 20.6 Å². The molecule has 2 aliphatic rings. The maximum Gasteiger partial charge on any atom is 0.302 e. The third-order valence-electron chi connectivity index (χ3n) is 5.95. The zero-order valence-electron chi connectivity index (χ0n) is 18.9. The van der Waals surface area contributed by atoms with E-state index in [2.05, 4.69) is 30.6 Å². The summed E-state index contributed by atoms with van der Waals surface area (Å²) in [6.07, 6.45) is 4.50. The minimum absolute atomic E-state index is 0.0589. The molecule has 2 aliphatic heterocycles. The number of hydrogen-bond acceptors (Lipinski definition) is 9. The molecule has 0 atom stereocenters. The Morgan fingerprint density at radius 1 is 1.17 bits per heavy atom. The van der Waals surface area contributed by atoms with E-state index in [9.17, 15) is 9.59 Å². The number of nitrogens with one attached hydrogen (secondary N) is 2. The van der Waals surface area contributed by atoms with Gasteiger partial charge in [0.05, 0.1) is 11.7 Å². The Kier molecular flexibility index (Phi) is 6.34. The first-order chi connectivity index (χ1) is 17.3. The number of nitrogens with zero attached hydrogens (tertiary/aromatic N) is 5. The molecule has 186 valence electrons. The van der Waals surface area contributed by atoms with Crippen LogP contribution in [0.5, 0.6) is 11.7 Å². The van der Waals surface area contributed by atoms with Crippen molar-refractivity contribution in [2.45, 2.75) is 18.4 Å². The average Bonchev–Trinajstić information content (AvgIpc) is 3.49. The van der Waals surface area contributed by atoms with E-state index in [-0.39, 0.29) is 40.5 Å². The number of furan rings is 1. The summed E-state index contributed by atoms with van der Waals surface area (Å²) in [6.45, 7) is 1.57. The van der Waals surface area contributed by atoms with Gasteiger partial charge in [0.1, 0.15) is 9.45 Å². The topological polar surface area (TPSA) is 187 Å². The van der Waals surface area contributed by atoms with E-state index >= 15 is 0 Å². The molecule has 0 unspecified atom stereocenters. The molecule has 5 rings (SSSR count). The zero-order chi connectivity index (χ0) is 25.3. The number of aliphatic imine (C=N–C) groups is 1. The number of guanidine groups is 1. The summed E-state index contributed by atoms with van der Waals surface area (Å²) in [4.78, 5) is 43.4. The Morgan fingerprint density at radius 3 is 2.72 bits per heavy atom. The highest BCUT2D eigenvalue weighted by molar-refractivity contribution is 14.1. The summed E-state index contributed by atoms with van der Waals surface area (Å²) in [5.41, 5.74) is 11.1. The number of anilines is 2. The van der Waals surface area contributed by atoms with E-state index in [1.807, 2.05) is 22.6 Å². The molecule has 0 aliphatic carbocycles. The third-order valence-corrected chi connectivity index (χ3v) is 6.75. The van der Waals surface area contributed by atoms with Crippen molar-refractivity contribution in [3.8, 4) is 11.7 Å². The van der Waals surface area contributed by atoms with Crippen molar-refractivity contribution in [1.29, 1.82) is 0 Å². The number of aromatic nitrogens is 3. The predicted octanol–water partition coefficient (Wildman–Crippen LogP) is 1.39. The lowest BCUT2D eigenvalue weighted by Gasteiger charge is -2.38. The summed E-state index contributed by atoms with van der Waals surface area (Å²) in [7, 11) is 0. The lowest BCUT2D eigenvalue weighted by atomic mass is 9.88. The first-order valence-corrected chi connectivity index (χ1v) is 12.1. The quantitative estimate of drug-likeness (QED) is 0.316. The minimum atomic E-state index is -0.625. The highest BCUT2D eigenvalue weighted by Crippen LogP contribution is 2.28. The van der Waals surface area contributed by atoms with E-state index in [1.165, 1.54) is 0 Å². The van der Waals surface area contributed by atoms with E-state index in [0.717, 1.165) is 0 Å². The smallest absolute Gasteiger partial charge is 0.302 e. The lowest BCUT2D eigenvalue weighted by Crippen LogP contribution is -2.53. The van der Waals surface area contributed by atoms with Crippen molar-refractivity contribution >= 4 is 52.0 Å². The number of nitrogens with two attached hydrogens (primary N) is 2. The van der Waals surface area contributed by atoms with E-state index in [1.54, 1.807) is 41.6 Å². The van der Waals surface area contributed by atoms with Crippen molar-refractivity contribution in [3.63, 3.8) is 0 Å². The van der Waals surface area contributed by atoms with Gasteiger partial charge in [0, 0.05) is 31.9 Å². The van der Waals surface area contributed by atoms with Gasteiger partial charge in [-0.1, -0.05) is 0 Å². The fourth-order valence-corrected chi connectivity index (χ4v) is 4.38. The van der Waals surface area contributed by atoms with Gasteiger partial charge in [-0.25, -0.2) is 9.97 Å². The first kappa shape index (κ1) is 23.8. The number of amides is 2. The number of halogens is 1. The highest BCUT2D eigenvalue weighted by atomic mass is 127. The fourth-order valence-electron chi connectivity index (χ4n) is 4.02. The minimum Gasteiger partial charge on any atom is -0.424 e. The van der Waals surface area contributed by atoms with Crippen LogP contribution >= 0.6 is 22.6 Å². The second kappa shape index (κ2) is 9.60. The molecule has 0 bridgehead atoms. The Balaban J connectivity index is 1.18. The SMILES string of the molecule is Nc1nc(N)c(C(=O)/N=C2\NCC3(CCN(C(=O)c4ccc(Oc5cccnc5)o4)CC3)N2)nc1I. The molecule has 0 saturated carbocycles. The number of likely N-dealkylation sites (tertiary alicyclic amines) is 1. The Labute approximate surface area is 218 Å². The fraction of sp³-hybridized carbons (Fsp3) is 0.273. The second-order valence-electron chi connectivity index (χ2n) is 8.36. The summed E-state index contributed by atoms with van der Waals surface area (Å²) in [5.74, 6) is 0.501. The largest absolute Gasteiger partial charge is 0.424 e. The molecule has 0 aromatic carbocycles. The van der Waals surface area contributed by atoms with Crippen LogP contribution in [0.3, 0.4) is 0 Å². The number of pyridine rings is 1. The van der Waals surface area contributed by atoms with Crippen LogP contribution in [0.1, 0.15) is 33.9 Å². The number of nitrogen functional groups attached to an aromatic ring is 2. The Bertz CT molecular complexity index is 1340. The molecule has 2 saturated heterocycles. The number of piperidine rings is 1. The highest BCUT2D eigenvalue weighted by Gasteiger charge is 2.41. The van der Waals surface area contributed by atoms with Crippen molar-refractivity contribution in [3.05, 3.63) is 51.8 Å². The van der Waals surface area contributed by atoms with Gasteiger partial charge in [0.25, 0.3) is 11.9 Å². The van der Waals surface area contributed by atoms with Crippen molar-refractivity contribution < 1.29 is 18.7 Å². The molecule has 14 heteroatoms. The molecule has 6 N–H and O–H groups in total. The Morgan fingerprint density at radius 2 is 1.97 bits per heavy atom. The van der Waals surface area contributed by atoms with Crippen LogP contribution in [-0.2, 0) is 0 Å². The van der Waals surface area contributed by atoms with Crippen molar-refractivity contribution in [2.75, 3.05) is 31.1 Å². The normalized spacial score (nSPS) is 17.6. The van der Waals surface area contributed by atoms with E-state index in [0.29, 0.717) is 47.9 Å². The number of rotatable bonds is 4. The van der Waals surface area contributed by atoms with Crippen molar-refractivity contribution in [2.24, 2.45) is 4.99 Å². The molecule has 1 spiro atoms. The molecule has 3 aromatic rings. The summed E-state index contributed by atoms with van der Waals surface area (Å²) in [6, 6.07) is 6.69. The summed E-state index contributed by atoms with van der Waals surface area (Å²) >= 11 is 1.88. The van der Waals surface area contributed by atoms with Gasteiger partial charge in [-0.15, -0.1) is 0 Å². The van der Waals surface area contributed by atoms with Gasteiger partial charge in [0.15, 0.2) is 29.0 Å². The van der Waals surface area contributed by atoms with Crippen LogP contribution in [0.4, 0.5) is 11.6 Å². The molecule has 2 amide bonds. The van der Waals surface area contributed by atoms with Crippen molar-refractivity contribution in [1.82, 2.24) is 30.5 Å². The third kappa shape index (κ3) is 4.89. The average molecular weight is 603 g/mol. The molecule has 0 radical (unpaired) electrons. The summed E-state index contributed by atoms with van der Waals surface area (Å²) in [5, 5.41) is 6.42. The zero-order valence-corrected chi connectivity index (χ0v) is 21.1. The number of hydrogen-bond donors (Lipinski definition) is 4. The lowest BCUT2D eigenvalue weighted by molar-refractivity contribution is 0.0632. The maximum absolute atomic E-state index is 12.9. The van der Waals surface area contributed by atoms with Crippen LogP contribution < -0.4 is 26.8 Å². The summed E-state index contributed by atoms with van der Waals surface area (Å²) < 4.78 is 11.6.